The third-order valence-corrected chi connectivity index (χ3v) is 2.73. The van der Waals surface area contributed by atoms with Gasteiger partial charge in [-0.3, -0.25) is 9.59 Å². The molecule has 2 amide bonds. The van der Waals surface area contributed by atoms with Gasteiger partial charge in [0.2, 0.25) is 0 Å². The zero-order chi connectivity index (χ0) is 15.0. The van der Waals surface area contributed by atoms with E-state index >= 15 is 0 Å². The molecule has 6 heteroatoms. The van der Waals surface area contributed by atoms with E-state index < -0.39 is 11.8 Å². The Morgan fingerprint density at radius 2 is 1.90 bits per heavy atom. The number of anilines is 1. The molecule has 1 aromatic carbocycles. The van der Waals surface area contributed by atoms with Crippen molar-refractivity contribution >= 4 is 17.5 Å². The van der Waals surface area contributed by atoms with Crippen LogP contribution in [0, 0.1) is 6.92 Å². The van der Waals surface area contributed by atoms with Gasteiger partial charge in [-0.05, 0) is 43.9 Å². The molecule has 20 heavy (non-hydrogen) atoms. The molecule has 0 spiro atoms. The molecule has 0 aromatic heterocycles. The van der Waals surface area contributed by atoms with Gasteiger partial charge in [0.05, 0.1) is 5.69 Å². The monoisotopic (exact) mass is 280 g/mol. The minimum Gasteiger partial charge on any atom is -0.506 e. The van der Waals surface area contributed by atoms with Gasteiger partial charge in [0, 0.05) is 13.2 Å². The van der Waals surface area contributed by atoms with Crippen molar-refractivity contribution in [2.75, 3.05) is 18.5 Å². The molecule has 1 rings (SSSR count). The second-order valence-electron chi connectivity index (χ2n) is 4.51. The lowest BCUT2D eigenvalue weighted by Crippen LogP contribution is -2.35. The zero-order valence-corrected chi connectivity index (χ0v) is 11.5. The number of aromatic hydroxyl groups is 1. The van der Waals surface area contributed by atoms with E-state index in [9.17, 15) is 14.7 Å². The summed E-state index contributed by atoms with van der Waals surface area (Å²) in [5.74, 6) is -1.63. The molecular weight excluding hydrogens is 260 g/mol. The average Bonchev–Trinajstić information content (AvgIpc) is 2.41. The first-order valence-electron chi connectivity index (χ1n) is 6.54. The molecule has 0 bridgehead atoms. The predicted octanol–water partition coefficient (Wildman–Crippen LogP) is 0.918. The Morgan fingerprint density at radius 3 is 2.55 bits per heavy atom. The Labute approximate surface area is 117 Å². The molecule has 0 saturated heterocycles. The molecule has 0 aliphatic rings. The normalized spacial score (nSPS) is 10.1. The van der Waals surface area contributed by atoms with Gasteiger partial charge in [-0.2, -0.15) is 0 Å². The molecule has 0 unspecified atom stereocenters. The van der Waals surface area contributed by atoms with Crippen molar-refractivity contribution in [3.8, 4) is 5.75 Å². The Hall–Kier alpha value is -2.08. The Bertz CT molecular complexity index is 474. The van der Waals surface area contributed by atoms with Crippen LogP contribution in [0.1, 0.15) is 24.8 Å². The van der Waals surface area contributed by atoms with E-state index in [0.29, 0.717) is 19.4 Å². The van der Waals surface area contributed by atoms with Crippen molar-refractivity contribution in [1.29, 1.82) is 0 Å². The molecule has 0 radical (unpaired) electrons. The molecule has 0 aliphatic carbocycles. The number of phenols is 1. The molecule has 1 aromatic rings. The number of phenolic OH excluding ortho intramolecular Hbond substituents is 1. The van der Waals surface area contributed by atoms with Crippen LogP contribution in [0.4, 0.5) is 5.69 Å². The number of benzene rings is 1. The Morgan fingerprint density at radius 1 is 1.15 bits per heavy atom. The van der Waals surface area contributed by atoms with Crippen LogP contribution < -0.4 is 10.6 Å². The number of hydrogen-bond donors (Lipinski definition) is 4. The second kappa shape index (κ2) is 8.16. The van der Waals surface area contributed by atoms with Crippen LogP contribution in [-0.2, 0) is 9.59 Å². The molecule has 0 heterocycles. The van der Waals surface area contributed by atoms with Crippen molar-refractivity contribution in [2.24, 2.45) is 0 Å². The molecule has 0 saturated carbocycles. The quantitative estimate of drug-likeness (QED) is 0.354. The number of aliphatic hydroxyl groups excluding tert-OH is 1. The summed E-state index contributed by atoms with van der Waals surface area (Å²) in [6, 6.07) is 4.77. The van der Waals surface area contributed by atoms with Crippen LogP contribution >= 0.6 is 0 Å². The fourth-order valence-corrected chi connectivity index (χ4v) is 1.62. The summed E-state index contributed by atoms with van der Waals surface area (Å²) in [4.78, 5) is 23.1. The fourth-order valence-electron chi connectivity index (χ4n) is 1.62. The van der Waals surface area contributed by atoms with Crippen LogP contribution in [0.2, 0.25) is 0 Å². The van der Waals surface area contributed by atoms with Crippen LogP contribution in [0.5, 0.6) is 5.75 Å². The van der Waals surface area contributed by atoms with Crippen molar-refractivity contribution in [3.05, 3.63) is 23.8 Å². The van der Waals surface area contributed by atoms with E-state index in [-0.39, 0.29) is 18.0 Å². The highest BCUT2D eigenvalue weighted by Crippen LogP contribution is 2.23. The first-order chi connectivity index (χ1) is 9.54. The Kier molecular flexibility index (Phi) is 6.52. The van der Waals surface area contributed by atoms with Gasteiger partial charge in [-0.1, -0.05) is 6.07 Å². The van der Waals surface area contributed by atoms with E-state index in [1.54, 1.807) is 6.07 Å². The van der Waals surface area contributed by atoms with Crippen molar-refractivity contribution in [3.63, 3.8) is 0 Å². The number of nitrogens with one attached hydrogen (secondary N) is 2. The second-order valence-corrected chi connectivity index (χ2v) is 4.51. The molecule has 6 nitrogen and oxygen atoms in total. The highest BCUT2D eigenvalue weighted by molar-refractivity contribution is 6.39. The van der Waals surface area contributed by atoms with Gasteiger partial charge < -0.3 is 20.8 Å². The molecule has 0 atom stereocenters. The van der Waals surface area contributed by atoms with Crippen LogP contribution in [0.15, 0.2) is 18.2 Å². The van der Waals surface area contributed by atoms with E-state index in [4.69, 9.17) is 5.11 Å². The van der Waals surface area contributed by atoms with Crippen molar-refractivity contribution in [1.82, 2.24) is 5.32 Å². The van der Waals surface area contributed by atoms with Gasteiger partial charge in [0.1, 0.15) is 5.75 Å². The molecule has 4 N–H and O–H groups in total. The van der Waals surface area contributed by atoms with Gasteiger partial charge in [-0.25, -0.2) is 0 Å². The van der Waals surface area contributed by atoms with Crippen LogP contribution in [0.25, 0.3) is 0 Å². The number of rotatable bonds is 6. The third kappa shape index (κ3) is 5.27. The van der Waals surface area contributed by atoms with E-state index in [1.165, 1.54) is 12.1 Å². The third-order valence-electron chi connectivity index (χ3n) is 2.73. The van der Waals surface area contributed by atoms with Crippen LogP contribution in [-0.4, -0.2) is 35.2 Å². The number of amides is 2. The summed E-state index contributed by atoms with van der Waals surface area (Å²) in [5.41, 5.74) is 1.06. The SMILES string of the molecule is Cc1ccc(NC(=O)C(=O)NCCCCCO)c(O)c1. The highest BCUT2D eigenvalue weighted by Gasteiger charge is 2.14. The first kappa shape index (κ1) is 16.0. The number of carbonyl (C=O) groups excluding carboxylic acids is 2. The van der Waals surface area contributed by atoms with Gasteiger partial charge >= 0.3 is 11.8 Å². The number of aryl methyl sites for hydroxylation is 1. The summed E-state index contributed by atoms with van der Waals surface area (Å²) in [7, 11) is 0. The smallest absolute Gasteiger partial charge is 0.313 e. The van der Waals surface area contributed by atoms with Crippen LogP contribution in [0.3, 0.4) is 0 Å². The minimum absolute atomic E-state index is 0.0749. The number of unbranched alkanes of at least 4 members (excludes halogenated alkanes) is 2. The lowest BCUT2D eigenvalue weighted by Gasteiger charge is -2.08. The molecule has 0 fully saturated rings. The van der Waals surface area contributed by atoms with Gasteiger partial charge in [-0.15, -0.1) is 0 Å². The lowest BCUT2D eigenvalue weighted by atomic mass is 10.2. The lowest BCUT2D eigenvalue weighted by molar-refractivity contribution is -0.136. The summed E-state index contributed by atoms with van der Waals surface area (Å²) in [6.07, 6.45) is 2.17. The molecule has 0 aliphatic heterocycles. The average molecular weight is 280 g/mol. The zero-order valence-electron chi connectivity index (χ0n) is 11.5. The van der Waals surface area contributed by atoms with E-state index in [1.807, 2.05) is 6.92 Å². The standard InChI is InChI=1S/C14H20N2O4/c1-10-5-6-11(12(18)9-10)16-14(20)13(19)15-7-3-2-4-8-17/h5-6,9,17-18H,2-4,7-8H2,1H3,(H,15,19)(H,16,20). The van der Waals surface area contributed by atoms with E-state index in [2.05, 4.69) is 10.6 Å². The van der Waals surface area contributed by atoms with Crippen molar-refractivity contribution in [2.45, 2.75) is 26.2 Å². The van der Waals surface area contributed by atoms with Gasteiger partial charge in [0.15, 0.2) is 0 Å². The Balaban J connectivity index is 2.39. The minimum atomic E-state index is -0.814. The fraction of sp³-hybridized carbons (Fsp3) is 0.429. The highest BCUT2D eigenvalue weighted by atomic mass is 16.3. The summed E-state index contributed by atoms with van der Waals surface area (Å²) >= 11 is 0. The summed E-state index contributed by atoms with van der Waals surface area (Å²) in [5, 5.41) is 23.0. The topological polar surface area (TPSA) is 98.7 Å². The number of aliphatic hydroxyl groups is 1. The van der Waals surface area contributed by atoms with Gasteiger partial charge in [0.25, 0.3) is 0 Å². The van der Waals surface area contributed by atoms with E-state index in [0.717, 1.165) is 12.0 Å². The maximum Gasteiger partial charge on any atom is 0.313 e. The largest absolute Gasteiger partial charge is 0.506 e. The maximum atomic E-state index is 11.6. The summed E-state index contributed by atoms with van der Waals surface area (Å²) in [6.45, 7) is 2.32. The number of hydrogen-bond acceptors (Lipinski definition) is 4. The molecular formula is C14H20N2O4. The number of carbonyl (C=O) groups is 2. The summed E-state index contributed by atoms with van der Waals surface area (Å²) < 4.78 is 0. The first-order valence-corrected chi connectivity index (χ1v) is 6.54. The maximum absolute atomic E-state index is 11.6. The predicted molar refractivity (Wildman–Crippen MR) is 75.4 cm³/mol. The molecule has 110 valence electrons. The van der Waals surface area contributed by atoms with Crippen molar-refractivity contribution < 1.29 is 19.8 Å².